The zero-order valence-electron chi connectivity index (χ0n) is 11.3. The Balaban J connectivity index is 2.70. The summed E-state index contributed by atoms with van der Waals surface area (Å²) in [6.07, 6.45) is -1.56. The maximum atomic E-state index is 11.1. The summed E-state index contributed by atoms with van der Waals surface area (Å²) >= 11 is 1.62. The molecule has 110 valence electrons. The van der Waals surface area contributed by atoms with E-state index in [1.807, 2.05) is 6.92 Å². The molecule has 0 radical (unpaired) electrons. The van der Waals surface area contributed by atoms with Gasteiger partial charge in [-0.15, -0.1) is 0 Å². The van der Waals surface area contributed by atoms with E-state index in [0.29, 0.717) is 6.42 Å². The summed E-state index contributed by atoms with van der Waals surface area (Å²) in [4.78, 5) is 22.0. The van der Waals surface area contributed by atoms with Gasteiger partial charge >= 0.3 is 11.9 Å². The molecule has 1 heterocycles. The van der Waals surface area contributed by atoms with E-state index in [-0.39, 0.29) is 11.9 Å². The molecule has 19 heavy (non-hydrogen) atoms. The molecule has 0 aromatic carbocycles. The number of rotatable bonds is 6. The Kier molecular flexibility index (Phi) is 6.60. The number of ether oxygens (including phenoxy) is 3. The summed E-state index contributed by atoms with van der Waals surface area (Å²) in [6.45, 7) is 4.51. The van der Waals surface area contributed by atoms with Crippen LogP contribution >= 0.6 is 11.8 Å². The molecule has 0 aromatic rings. The molecule has 1 aliphatic heterocycles. The van der Waals surface area contributed by atoms with E-state index >= 15 is 0 Å². The summed E-state index contributed by atoms with van der Waals surface area (Å²) < 4.78 is 15.4. The first-order valence-electron chi connectivity index (χ1n) is 6.19. The molecule has 0 amide bonds. The monoisotopic (exact) mass is 292 g/mol. The topological polar surface area (TPSA) is 82.1 Å². The summed E-state index contributed by atoms with van der Waals surface area (Å²) in [5.41, 5.74) is 0. The van der Waals surface area contributed by atoms with Crippen LogP contribution in [0.4, 0.5) is 0 Å². The number of thioether (sulfide) groups is 1. The van der Waals surface area contributed by atoms with Crippen LogP contribution in [0.25, 0.3) is 0 Å². The lowest BCUT2D eigenvalue weighted by Gasteiger charge is -2.26. The van der Waals surface area contributed by atoms with Gasteiger partial charge < -0.3 is 19.3 Å². The average Bonchev–Trinajstić information content (AvgIpc) is 2.65. The van der Waals surface area contributed by atoms with Crippen LogP contribution in [0.5, 0.6) is 0 Å². The molecule has 0 aliphatic carbocycles. The maximum absolute atomic E-state index is 11.1. The van der Waals surface area contributed by atoms with Gasteiger partial charge in [-0.25, -0.2) is 0 Å². The second-order valence-electron chi connectivity index (χ2n) is 4.24. The van der Waals surface area contributed by atoms with E-state index in [1.165, 1.54) is 13.8 Å². The Bertz CT molecular complexity index is 321. The van der Waals surface area contributed by atoms with E-state index in [9.17, 15) is 14.7 Å². The summed E-state index contributed by atoms with van der Waals surface area (Å²) in [5.74, 6) is -0.0600. The smallest absolute Gasteiger partial charge is 0.303 e. The number of carbonyl (C=O) groups excluding carboxylic acids is 2. The number of carbonyl (C=O) groups is 2. The molecule has 1 rings (SSSR count). The molecular formula is C12H20O6S. The van der Waals surface area contributed by atoms with Gasteiger partial charge in [0.1, 0.15) is 12.7 Å². The van der Waals surface area contributed by atoms with Gasteiger partial charge in [-0.1, -0.05) is 6.92 Å². The molecular weight excluding hydrogens is 272 g/mol. The third kappa shape index (κ3) is 5.38. The predicted octanol–water partition coefficient (Wildman–Crippen LogP) is 0.710. The third-order valence-electron chi connectivity index (χ3n) is 2.63. The summed E-state index contributed by atoms with van der Waals surface area (Å²) in [6, 6.07) is 0. The van der Waals surface area contributed by atoms with Crippen LogP contribution in [-0.4, -0.2) is 53.2 Å². The van der Waals surface area contributed by atoms with Crippen molar-refractivity contribution in [2.75, 3.05) is 12.4 Å². The first-order chi connectivity index (χ1) is 8.93. The molecule has 1 unspecified atom stereocenters. The summed E-state index contributed by atoms with van der Waals surface area (Å²) in [5, 5.41) is 9.59. The highest BCUT2D eigenvalue weighted by molar-refractivity contribution is 7.99. The Morgan fingerprint density at radius 1 is 1.42 bits per heavy atom. The highest BCUT2D eigenvalue weighted by Gasteiger charge is 2.41. The highest BCUT2D eigenvalue weighted by atomic mass is 32.2. The molecule has 4 atom stereocenters. The largest absolute Gasteiger partial charge is 0.462 e. The quantitative estimate of drug-likeness (QED) is 0.722. The molecule has 0 saturated carbocycles. The maximum Gasteiger partial charge on any atom is 0.303 e. The number of hydrogen-bond donors (Lipinski definition) is 1. The lowest BCUT2D eigenvalue weighted by Crippen LogP contribution is -2.40. The fourth-order valence-corrected chi connectivity index (χ4v) is 3.13. The van der Waals surface area contributed by atoms with Crippen LogP contribution in [0.2, 0.25) is 0 Å². The Morgan fingerprint density at radius 3 is 2.63 bits per heavy atom. The standard InChI is InChI=1S/C12H20O6S/c1-4-19-10-5-11(15)18-12(10)9(17-8(3)14)6-16-7(2)13/h9-12,15H,4-6H2,1-3H3/t9-,10-,11?,12-/m1/s1. The van der Waals surface area contributed by atoms with Gasteiger partial charge in [-0.3, -0.25) is 9.59 Å². The van der Waals surface area contributed by atoms with E-state index in [4.69, 9.17) is 14.2 Å². The van der Waals surface area contributed by atoms with Crippen molar-refractivity contribution >= 4 is 23.7 Å². The fraction of sp³-hybridized carbons (Fsp3) is 0.833. The first kappa shape index (κ1) is 16.3. The van der Waals surface area contributed by atoms with Crippen molar-refractivity contribution in [1.29, 1.82) is 0 Å². The molecule has 1 saturated heterocycles. The molecule has 1 fully saturated rings. The third-order valence-corrected chi connectivity index (χ3v) is 3.85. The molecule has 6 nitrogen and oxygen atoms in total. The molecule has 7 heteroatoms. The molecule has 1 N–H and O–H groups in total. The Hall–Kier alpha value is -0.790. The Morgan fingerprint density at radius 2 is 2.11 bits per heavy atom. The van der Waals surface area contributed by atoms with Crippen molar-refractivity contribution in [2.45, 2.75) is 50.9 Å². The van der Waals surface area contributed by atoms with Gasteiger partial charge in [0.15, 0.2) is 12.4 Å². The van der Waals surface area contributed by atoms with Crippen molar-refractivity contribution < 1.29 is 28.9 Å². The van der Waals surface area contributed by atoms with Gasteiger partial charge in [0, 0.05) is 25.5 Å². The highest BCUT2D eigenvalue weighted by Crippen LogP contribution is 2.32. The molecule has 0 bridgehead atoms. The minimum atomic E-state index is -0.871. The van der Waals surface area contributed by atoms with Crippen LogP contribution in [0.1, 0.15) is 27.2 Å². The Labute approximate surface area is 116 Å². The van der Waals surface area contributed by atoms with E-state index in [1.54, 1.807) is 11.8 Å². The minimum Gasteiger partial charge on any atom is -0.462 e. The lowest BCUT2D eigenvalue weighted by atomic mass is 10.1. The van der Waals surface area contributed by atoms with Crippen LogP contribution < -0.4 is 0 Å². The zero-order valence-corrected chi connectivity index (χ0v) is 12.1. The molecule has 0 aromatic heterocycles. The molecule has 0 spiro atoms. The fourth-order valence-electron chi connectivity index (χ4n) is 1.97. The van der Waals surface area contributed by atoms with Crippen molar-refractivity contribution in [1.82, 2.24) is 0 Å². The number of aliphatic hydroxyl groups excluding tert-OH is 1. The van der Waals surface area contributed by atoms with Crippen molar-refractivity contribution in [3.05, 3.63) is 0 Å². The van der Waals surface area contributed by atoms with Crippen molar-refractivity contribution in [2.24, 2.45) is 0 Å². The van der Waals surface area contributed by atoms with Gasteiger partial charge in [0.25, 0.3) is 0 Å². The number of aliphatic hydroxyl groups is 1. The van der Waals surface area contributed by atoms with Crippen LogP contribution in [-0.2, 0) is 23.8 Å². The van der Waals surface area contributed by atoms with E-state index in [0.717, 1.165) is 5.75 Å². The minimum absolute atomic E-state index is 0.0138. The second-order valence-corrected chi connectivity index (χ2v) is 5.75. The number of esters is 2. The predicted molar refractivity (Wildman–Crippen MR) is 69.6 cm³/mol. The average molecular weight is 292 g/mol. The summed E-state index contributed by atoms with van der Waals surface area (Å²) in [7, 11) is 0. The van der Waals surface area contributed by atoms with Gasteiger partial charge in [0.2, 0.25) is 0 Å². The second kappa shape index (κ2) is 7.72. The number of hydrogen-bond acceptors (Lipinski definition) is 7. The van der Waals surface area contributed by atoms with Crippen molar-refractivity contribution in [3.63, 3.8) is 0 Å². The van der Waals surface area contributed by atoms with Gasteiger partial charge in [0.05, 0.1) is 0 Å². The van der Waals surface area contributed by atoms with Crippen LogP contribution in [0.3, 0.4) is 0 Å². The molecule has 1 aliphatic rings. The van der Waals surface area contributed by atoms with Crippen LogP contribution in [0.15, 0.2) is 0 Å². The zero-order chi connectivity index (χ0) is 14.4. The first-order valence-corrected chi connectivity index (χ1v) is 7.24. The SMILES string of the molecule is CCS[C@@H]1CC(O)O[C@@H]1[C@@H](COC(C)=O)OC(C)=O. The van der Waals surface area contributed by atoms with Crippen molar-refractivity contribution in [3.8, 4) is 0 Å². The lowest BCUT2D eigenvalue weighted by molar-refractivity contribution is -0.174. The van der Waals surface area contributed by atoms with Crippen LogP contribution in [0, 0.1) is 0 Å². The van der Waals surface area contributed by atoms with Gasteiger partial charge in [-0.05, 0) is 5.75 Å². The normalized spacial score (nSPS) is 27.9. The van der Waals surface area contributed by atoms with E-state index < -0.39 is 30.4 Å². The van der Waals surface area contributed by atoms with Gasteiger partial charge in [-0.2, -0.15) is 11.8 Å². The van der Waals surface area contributed by atoms with E-state index in [2.05, 4.69) is 0 Å².